The van der Waals surface area contributed by atoms with Crippen molar-refractivity contribution in [3.8, 4) is 0 Å². The van der Waals surface area contributed by atoms with Gasteiger partial charge in [0.25, 0.3) is 0 Å². The predicted octanol–water partition coefficient (Wildman–Crippen LogP) is 1.39. The highest BCUT2D eigenvalue weighted by Crippen LogP contribution is 2.42. The summed E-state index contributed by atoms with van der Waals surface area (Å²) in [5, 5.41) is 0. The van der Waals surface area contributed by atoms with Crippen LogP contribution in [0.2, 0.25) is 0 Å². The maximum absolute atomic E-state index is 12.9. The second-order valence-corrected chi connectivity index (χ2v) is 4.51. The van der Waals surface area contributed by atoms with Gasteiger partial charge in [-0.1, -0.05) is 0 Å². The van der Waals surface area contributed by atoms with E-state index in [0.29, 0.717) is 0 Å². The fourth-order valence-corrected chi connectivity index (χ4v) is 2.22. The number of hydrogen-bond acceptors (Lipinski definition) is 4. The van der Waals surface area contributed by atoms with Crippen molar-refractivity contribution in [1.82, 2.24) is 0 Å². The van der Waals surface area contributed by atoms with Crippen molar-refractivity contribution in [2.75, 3.05) is 13.7 Å². The van der Waals surface area contributed by atoms with E-state index in [1.54, 1.807) is 13.8 Å². The molecule has 0 bridgehead atoms. The standard InChI is InChI=1S/C10H16F2O4/c1-10(2)15-7-6(8(11)12)5(4-13-3)14-9(7)16-10/h5-9H,4H2,1-3H3/t5-,6-,7-,9-/m1/s1. The molecule has 2 rings (SSSR count). The van der Waals surface area contributed by atoms with Crippen molar-refractivity contribution in [3.63, 3.8) is 0 Å². The predicted molar refractivity (Wildman–Crippen MR) is 50.1 cm³/mol. The summed E-state index contributed by atoms with van der Waals surface area (Å²) in [7, 11) is 1.45. The molecule has 2 fully saturated rings. The van der Waals surface area contributed by atoms with E-state index in [4.69, 9.17) is 18.9 Å². The molecule has 6 heteroatoms. The molecular weight excluding hydrogens is 222 g/mol. The molecule has 0 aliphatic carbocycles. The molecule has 2 heterocycles. The third kappa shape index (κ3) is 2.07. The summed E-state index contributed by atoms with van der Waals surface area (Å²) in [6.45, 7) is 3.49. The van der Waals surface area contributed by atoms with E-state index >= 15 is 0 Å². The molecule has 0 aromatic carbocycles. The average molecular weight is 238 g/mol. The molecule has 0 saturated carbocycles. The molecule has 0 aromatic rings. The molecule has 2 aliphatic heterocycles. The van der Waals surface area contributed by atoms with Crippen LogP contribution in [0.5, 0.6) is 0 Å². The lowest BCUT2D eigenvalue weighted by Crippen LogP contribution is -2.36. The average Bonchev–Trinajstić information content (AvgIpc) is 2.55. The number of halogens is 2. The van der Waals surface area contributed by atoms with Gasteiger partial charge in [0, 0.05) is 7.11 Å². The van der Waals surface area contributed by atoms with Crippen LogP contribution in [0.15, 0.2) is 0 Å². The Balaban J connectivity index is 2.10. The minimum Gasteiger partial charge on any atom is -0.382 e. The molecule has 0 amide bonds. The van der Waals surface area contributed by atoms with Crippen LogP contribution in [-0.4, -0.2) is 44.4 Å². The summed E-state index contributed by atoms with van der Waals surface area (Å²) < 4.78 is 46.9. The number of alkyl halides is 2. The Morgan fingerprint density at radius 3 is 2.56 bits per heavy atom. The fraction of sp³-hybridized carbons (Fsp3) is 1.00. The van der Waals surface area contributed by atoms with Gasteiger partial charge in [0.15, 0.2) is 12.1 Å². The van der Waals surface area contributed by atoms with E-state index in [-0.39, 0.29) is 6.61 Å². The van der Waals surface area contributed by atoms with Gasteiger partial charge in [-0.3, -0.25) is 0 Å². The lowest BCUT2D eigenvalue weighted by Gasteiger charge is -2.24. The number of rotatable bonds is 3. The molecular formula is C10H16F2O4. The summed E-state index contributed by atoms with van der Waals surface area (Å²) in [5.74, 6) is -1.85. The highest BCUT2D eigenvalue weighted by Gasteiger charge is 2.57. The normalized spacial score (nSPS) is 41.6. The smallest absolute Gasteiger partial charge is 0.246 e. The second kappa shape index (κ2) is 4.18. The van der Waals surface area contributed by atoms with Gasteiger partial charge >= 0.3 is 0 Å². The molecule has 0 spiro atoms. The van der Waals surface area contributed by atoms with Gasteiger partial charge in [-0.25, -0.2) is 8.78 Å². The Labute approximate surface area is 92.8 Å². The first-order chi connectivity index (χ1) is 7.44. The lowest BCUT2D eigenvalue weighted by atomic mass is 9.99. The van der Waals surface area contributed by atoms with Gasteiger partial charge in [0.2, 0.25) is 6.43 Å². The van der Waals surface area contributed by atoms with Crippen LogP contribution in [0, 0.1) is 5.92 Å². The van der Waals surface area contributed by atoms with Gasteiger partial charge < -0.3 is 18.9 Å². The van der Waals surface area contributed by atoms with E-state index in [1.807, 2.05) is 0 Å². The highest BCUT2D eigenvalue weighted by atomic mass is 19.3. The molecule has 0 N–H and O–H groups in total. The summed E-state index contributed by atoms with van der Waals surface area (Å²) in [6, 6.07) is 0. The molecule has 2 aliphatic rings. The third-order valence-corrected chi connectivity index (χ3v) is 2.83. The van der Waals surface area contributed by atoms with Crippen LogP contribution < -0.4 is 0 Å². The molecule has 16 heavy (non-hydrogen) atoms. The van der Waals surface area contributed by atoms with Crippen molar-refractivity contribution >= 4 is 0 Å². The van der Waals surface area contributed by atoms with E-state index < -0.39 is 36.6 Å². The quantitative estimate of drug-likeness (QED) is 0.744. The zero-order valence-corrected chi connectivity index (χ0v) is 9.48. The zero-order chi connectivity index (χ0) is 11.9. The Hall–Kier alpha value is -0.300. The lowest BCUT2D eigenvalue weighted by molar-refractivity contribution is -0.219. The molecule has 0 unspecified atom stereocenters. The Kier molecular flexibility index (Phi) is 3.18. The third-order valence-electron chi connectivity index (χ3n) is 2.83. The van der Waals surface area contributed by atoms with E-state index in [2.05, 4.69) is 0 Å². The summed E-state index contributed by atoms with van der Waals surface area (Å²) in [6.07, 6.45) is -4.60. The molecule has 4 nitrogen and oxygen atoms in total. The number of ether oxygens (including phenoxy) is 4. The van der Waals surface area contributed by atoms with Gasteiger partial charge in [-0.2, -0.15) is 0 Å². The second-order valence-electron chi connectivity index (χ2n) is 4.51. The van der Waals surface area contributed by atoms with Crippen LogP contribution in [0.25, 0.3) is 0 Å². The van der Waals surface area contributed by atoms with Crippen LogP contribution in [-0.2, 0) is 18.9 Å². The summed E-state index contributed by atoms with van der Waals surface area (Å²) in [4.78, 5) is 0. The van der Waals surface area contributed by atoms with Gasteiger partial charge in [-0.05, 0) is 13.8 Å². The first-order valence-corrected chi connectivity index (χ1v) is 5.23. The van der Waals surface area contributed by atoms with Crippen LogP contribution in [0.4, 0.5) is 8.78 Å². The first-order valence-electron chi connectivity index (χ1n) is 5.23. The molecule has 94 valence electrons. The maximum atomic E-state index is 12.9. The SMILES string of the molecule is COC[C@H]1O[C@@H]2OC(C)(C)O[C@@H]2[C@@H]1C(F)F. The van der Waals surface area contributed by atoms with Crippen molar-refractivity contribution in [3.05, 3.63) is 0 Å². The van der Waals surface area contributed by atoms with Crippen molar-refractivity contribution < 1.29 is 27.7 Å². The minimum absolute atomic E-state index is 0.120. The van der Waals surface area contributed by atoms with Crippen molar-refractivity contribution in [1.29, 1.82) is 0 Å². The Bertz CT molecular complexity index is 259. The molecule has 0 radical (unpaired) electrons. The number of methoxy groups -OCH3 is 1. The van der Waals surface area contributed by atoms with Crippen molar-refractivity contribution in [2.24, 2.45) is 5.92 Å². The summed E-state index contributed by atoms with van der Waals surface area (Å²) >= 11 is 0. The van der Waals surface area contributed by atoms with Gasteiger partial charge in [0.1, 0.15) is 6.10 Å². The van der Waals surface area contributed by atoms with Crippen LogP contribution >= 0.6 is 0 Å². The first kappa shape index (κ1) is 12.2. The number of fused-ring (bicyclic) bond motifs is 1. The maximum Gasteiger partial charge on any atom is 0.246 e. The van der Waals surface area contributed by atoms with Gasteiger partial charge in [0.05, 0.1) is 18.6 Å². The molecule has 2 saturated heterocycles. The monoisotopic (exact) mass is 238 g/mol. The van der Waals surface area contributed by atoms with E-state index in [9.17, 15) is 8.78 Å². The van der Waals surface area contributed by atoms with E-state index in [1.165, 1.54) is 7.11 Å². The highest BCUT2D eigenvalue weighted by molar-refractivity contribution is 4.93. The fourth-order valence-electron chi connectivity index (χ4n) is 2.22. The molecule has 0 aromatic heterocycles. The van der Waals surface area contributed by atoms with Crippen molar-refractivity contribution in [2.45, 2.75) is 44.6 Å². The Morgan fingerprint density at radius 1 is 1.31 bits per heavy atom. The zero-order valence-electron chi connectivity index (χ0n) is 9.48. The topological polar surface area (TPSA) is 36.9 Å². The van der Waals surface area contributed by atoms with Crippen LogP contribution in [0.1, 0.15) is 13.8 Å². The van der Waals surface area contributed by atoms with Gasteiger partial charge in [-0.15, -0.1) is 0 Å². The summed E-state index contributed by atoms with van der Waals surface area (Å²) in [5.41, 5.74) is 0. The van der Waals surface area contributed by atoms with E-state index in [0.717, 1.165) is 0 Å². The Morgan fingerprint density at radius 2 is 2.00 bits per heavy atom. The molecule has 4 atom stereocenters. The number of hydrogen-bond donors (Lipinski definition) is 0. The largest absolute Gasteiger partial charge is 0.382 e. The minimum atomic E-state index is -2.51. The van der Waals surface area contributed by atoms with Crippen LogP contribution in [0.3, 0.4) is 0 Å².